The number of ether oxygens (including phenoxy) is 2. The van der Waals surface area contributed by atoms with E-state index >= 15 is 0 Å². The second-order valence-corrected chi connectivity index (χ2v) is 2.89. The van der Waals surface area contributed by atoms with E-state index in [1.807, 2.05) is 0 Å². The quantitative estimate of drug-likeness (QED) is 0.398. The third-order valence-corrected chi connectivity index (χ3v) is 1.36. The first-order valence-electron chi connectivity index (χ1n) is 4.25. The highest BCUT2D eigenvalue weighted by Gasteiger charge is 2.40. The molecular formula is C9H11F3O4. The lowest BCUT2D eigenvalue weighted by Gasteiger charge is -2.11. The van der Waals surface area contributed by atoms with Gasteiger partial charge in [-0.15, -0.1) is 0 Å². The maximum absolute atomic E-state index is 12.3. The lowest BCUT2D eigenvalue weighted by Crippen LogP contribution is -2.33. The highest BCUT2D eigenvalue weighted by atomic mass is 19.3. The summed E-state index contributed by atoms with van der Waals surface area (Å²) in [5.74, 6) is -6.87. The van der Waals surface area contributed by atoms with E-state index in [1.54, 1.807) is 0 Å². The maximum atomic E-state index is 12.3. The Bertz CT molecular complexity index is 288. The third kappa shape index (κ3) is 4.81. The van der Waals surface area contributed by atoms with Gasteiger partial charge in [-0.05, 0) is 6.92 Å². The average Bonchev–Trinajstić information content (AvgIpc) is 2.23. The van der Waals surface area contributed by atoms with Gasteiger partial charge in [0.1, 0.15) is 13.2 Å². The molecule has 0 saturated heterocycles. The zero-order valence-corrected chi connectivity index (χ0v) is 8.60. The molecule has 0 aliphatic heterocycles. The Morgan fingerprint density at radius 1 is 1.25 bits per heavy atom. The summed E-state index contributed by atoms with van der Waals surface area (Å²) in [7, 11) is 0. The molecule has 0 aromatic heterocycles. The van der Waals surface area contributed by atoms with Crippen LogP contribution in [0.1, 0.15) is 6.92 Å². The van der Waals surface area contributed by atoms with Crippen molar-refractivity contribution >= 4 is 11.9 Å². The molecule has 0 saturated carbocycles. The molecule has 92 valence electrons. The molecule has 0 aromatic carbocycles. The van der Waals surface area contributed by atoms with Crippen molar-refractivity contribution in [2.75, 3.05) is 19.9 Å². The predicted molar refractivity (Wildman–Crippen MR) is 47.7 cm³/mol. The number of esters is 2. The Hall–Kier alpha value is -1.53. The van der Waals surface area contributed by atoms with Crippen LogP contribution in [-0.2, 0) is 19.1 Å². The molecule has 0 atom stereocenters. The van der Waals surface area contributed by atoms with Crippen molar-refractivity contribution in [2.45, 2.75) is 12.8 Å². The van der Waals surface area contributed by atoms with Crippen molar-refractivity contribution in [2.24, 2.45) is 0 Å². The Balaban J connectivity index is 3.80. The summed E-state index contributed by atoms with van der Waals surface area (Å²) in [6, 6.07) is 0. The number of hydrogen-bond donors (Lipinski definition) is 0. The molecule has 0 aliphatic carbocycles. The van der Waals surface area contributed by atoms with Gasteiger partial charge in [0.2, 0.25) is 0 Å². The summed E-state index contributed by atoms with van der Waals surface area (Å²) in [6.07, 6.45) is 0. The van der Waals surface area contributed by atoms with Crippen molar-refractivity contribution in [3.8, 4) is 0 Å². The second-order valence-electron chi connectivity index (χ2n) is 2.89. The maximum Gasteiger partial charge on any atom is 0.380 e. The van der Waals surface area contributed by atoms with Gasteiger partial charge >= 0.3 is 17.9 Å². The largest absolute Gasteiger partial charge is 0.459 e. The molecule has 0 bridgehead atoms. The Morgan fingerprint density at radius 2 is 1.75 bits per heavy atom. The first-order valence-corrected chi connectivity index (χ1v) is 4.25. The van der Waals surface area contributed by atoms with Crippen molar-refractivity contribution in [1.29, 1.82) is 0 Å². The smallest absolute Gasteiger partial charge is 0.380 e. The number of halogens is 3. The van der Waals surface area contributed by atoms with Gasteiger partial charge in [0.15, 0.2) is 6.67 Å². The number of hydrogen-bond acceptors (Lipinski definition) is 4. The lowest BCUT2D eigenvalue weighted by molar-refractivity contribution is -0.176. The summed E-state index contributed by atoms with van der Waals surface area (Å²) in [5.41, 5.74) is 0.125. The van der Waals surface area contributed by atoms with E-state index in [0.717, 1.165) is 0 Å². The number of rotatable bonds is 6. The van der Waals surface area contributed by atoms with Crippen molar-refractivity contribution in [1.82, 2.24) is 0 Å². The van der Waals surface area contributed by atoms with Crippen LogP contribution in [0.3, 0.4) is 0 Å². The minimum atomic E-state index is -4.15. The minimum Gasteiger partial charge on any atom is -0.459 e. The molecule has 0 unspecified atom stereocenters. The Morgan fingerprint density at radius 3 is 2.19 bits per heavy atom. The van der Waals surface area contributed by atoms with Gasteiger partial charge in [-0.1, -0.05) is 6.58 Å². The zero-order chi connectivity index (χ0) is 12.8. The average molecular weight is 240 g/mol. The van der Waals surface area contributed by atoms with Crippen LogP contribution in [0, 0.1) is 0 Å². The van der Waals surface area contributed by atoms with Crippen molar-refractivity contribution in [3.63, 3.8) is 0 Å². The van der Waals surface area contributed by atoms with E-state index < -0.39 is 31.1 Å². The molecule has 0 heterocycles. The summed E-state index contributed by atoms with van der Waals surface area (Å²) in [4.78, 5) is 21.3. The number of carbonyl (C=O) groups excluding carboxylic acids is 2. The zero-order valence-electron chi connectivity index (χ0n) is 8.60. The highest BCUT2D eigenvalue weighted by Crippen LogP contribution is 2.15. The number of carbonyl (C=O) groups is 2. The van der Waals surface area contributed by atoms with Gasteiger partial charge in [0, 0.05) is 5.57 Å². The van der Waals surface area contributed by atoms with E-state index in [4.69, 9.17) is 0 Å². The topological polar surface area (TPSA) is 52.6 Å². The molecule has 0 N–H and O–H groups in total. The molecule has 0 aromatic rings. The molecule has 0 radical (unpaired) electrons. The highest BCUT2D eigenvalue weighted by molar-refractivity contribution is 5.86. The molecule has 0 aliphatic rings. The van der Waals surface area contributed by atoms with Crippen molar-refractivity contribution < 1.29 is 32.2 Å². The normalized spacial score (nSPS) is 10.8. The Kier molecular flexibility index (Phi) is 5.55. The van der Waals surface area contributed by atoms with E-state index in [1.165, 1.54) is 6.92 Å². The molecule has 0 amide bonds. The molecule has 0 spiro atoms. The van der Waals surface area contributed by atoms with Gasteiger partial charge in [0.25, 0.3) is 0 Å². The fraction of sp³-hybridized carbons (Fsp3) is 0.556. The summed E-state index contributed by atoms with van der Waals surface area (Å²) < 4.78 is 44.6. The second kappa shape index (κ2) is 6.14. The van der Waals surface area contributed by atoms with Crippen LogP contribution in [0.2, 0.25) is 0 Å². The third-order valence-electron chi connectivity index (χ3n) is 1.36. The summed E-state index contributed by atoms with van der Waals surface area (Å²) >= 11 is 0. The predicted octanol–water partition coefficient (Wildman–Crippen LogP) is 1.25. The molecular weight excluding hydrogens is 229 g/mol. The Labute approximate surface area is 90.0 Å². The molecule has 4 nitrogen and oxygen atoms in total. The van der Waals surface area contributed by atoms with Crippen LogP contribution < -0.4 is 0 Å². The van der Waals surface area contributed by atoms with Crippen LogP contribution >= 0.6 is 0 Å². The van der Waals surface area contributed by atoms with E-state index in [2.05, 4.69) is 16.1 Å². The van der Waals surface area contributed by atoms with Crippen molar-refractivity contribution in [3.05, 3.63) is 12.2 Å². The van der Waals surface area contributed by atoms with Crippen LogP contribution in [0.15, 0.2) is 12.2 Å². The molecule has 0 rings (SSSR count). The van der Waals surface area contributed by atoms with Crippen LogP contribution in [0.25, 0.3) is 0 Å². The molecule has 0 fully saturated rings. The van der Waals surface area contributed by atoms with Gasteiger partial charge in [-0.2, -0.15) is 8.78 Å². The lowest BCUT2D eigenvalue weighted by atomic mass is 10.4. The van der Waals surface area contributed by atoms with E-state index in [9.17, 15) is 22.8 Å². The SMILES string of the molecule is C=C(C)C(=O)OCCOC(=O)C(F)(F)CF. The standard InChI is InChI=1S/C9H11F3O4/c1-6(2)7(13)15-3-4-16-8(14)9(11,12)5-10/h1,3-5H2,2H3. The fourth-order valence-electron chi connectivity index (χ4n) is 0.552. The monoisotopic (exact) mass is 240 g/mol. The van der Waals surface area contributed by atoms with Crippen LogP contribution in [-0.4, -0.2) is 37.7 Å². The van der Waals surface area contributed by atoms with Gasteiger partial charge < -0.3 is 9.47 Å². The van der Waals surface area contributed by atoms with E-state index in [0.29, 0.717) is 0 Å². The van der Waals surface area contributed by atoms with E-state index in [-0.39, 0.29) is 12.2 Å². The van der Waals surface area contributed by atoms with Gasteiger partial charge in [0.05, 0.1) is 0 Å². The first kappa shape index (κ1) is 14.5. The van der Waals surface area contributed by atoms with Gasteiger partial charge in [-0.25, -0.2) is 14.0 Å². The van der Waals surface area contributed by atoms with Gasteiger partial charge in [-0.3, -0.25) is 0 Å². The summed E-state index contributed by atoms with van der Waals surface area (Å²) in [6.45, 7) is 1.59. The minimum absolute atomic E-state index is 0.125. The summed E-state index contributed by atoms with van der Waals surface area (Å²) in [5, 5.41) is 0. The first-order chi connectivity index (χ1) is 7.31. The molecule has 7 heteroatoms. The van der Waals surface area contributed by atoms with Crippen LogP contribution in [0.4, 0.5) is 13.2 Å². The molecule has 16 heavy (non-hydrogen) atoms. The fourth-order valence-corrected chi connectivity index (χ4v) is 0.552. The van der Waals surface area contributed by atoms with Crippen LogP contribution in [0.5, 0.6) is 0 Å². The number of alkyl halides is 3.